The third-order valence-electron chi connectivity index (χ3n) is 10.9. The van der Waals surface area contributed by atoms with Crippen LogP contribution >= 0.6 is 0 Å². The van der Waals surface area contributed by atoms with Crippen molar-refractivity contribution >= 4 is 46.8 Å². The second kappa shape index (κ2) is 19.5. The first kappa shape index (κ1) is 41.0. The first-order chi connectivity index (χ1) is 27.7. The second-order valence-corrected chi connectivity index (χ2v) is 15.6. The minimum atomic E-state index is 0.270. The molecule has 2 N–H and O–H groups in total. The maximum absolute atomic E-state index is 4.43. The van der Waals surface area contributed by atoms with Gasteiger partial charge in [-0.05, 0) is 6.42 Å². The van der Waals surface area contributed by atoms with Crippen LogP contribution in [0.4, 0.5) is 11.4 Å². The molecule has 1 aliphatic carbocycles. The molecule has 4 aromatic carbocycles. The molecule has 0 aliphatic heterocycles. The van der Waals surface area contributed by atoms with Crippen molar-refractivity contribution in [3.05, 3.63) is 179 Å². The number of rotatable bonds is 15. The Kier molecular flexibility index (Phi) is 14.0. The van der Waals surface area contributed by atoms with E-state index < -0.39 is 0 Å². The summed E-state index contributed by atoms with van der Waals surface area (Å²) in [7, 11) is 0. The fourth-order valence-corrected chi connectivity index (χ4v) is 7.96. The number of aryl methyl sites for hydroxylation is 4. The first-order valence-electron chi connectivity index (χ1n) is 20.8. The number of unbranched alkanes of at least 4 members (excludes halogenated alkanes) is 1. The molecule has 57 heavy (non-hydrogen) atoms. The number of nitrogens with one attached hydrogen (secondary N) is 2. The van der Waals surface area contributed by atoms with E-state index in [1.807, 2.05) is 13.0 Å². The third-order valence-corrected chi connectivity index (χ3v) is 10.9. The Morgan fingerprint density at radius 1 is 0.895 bits per heavy atom. The van der Waals surface area contributed by atoms with Gasteiger partial charge in [0.1, 0.15) is 0 Å². The number of aromatic nitrogens is 1. The zero-order valence-electron chi connectivity index (χ0n) is 35.2. The van der Waals surface area contributed by atoms with E-state index >= 15 is 0 Å². The topological polar surface area (TPSA) is 27.8 Å². The van der Waals surface area contributed by atoms with Crippen LogP contribution in [0.5, 0.6) is 0 Å². The van der Waals surface area contributed by atoms with Crippen molar-refractivity contribution in [3.63, 3.8) is 0 Å². The summed E-state index contributed by atoms with van der Waals surface area (Å²) in [6.07, 6.45) is 33.3. The van der Waals surface area contributed by atoms with E-state index in [-0.39, 0.29) is 5.92 Å². The van der Waals surface area contributed by atoms with Crippen LogP contribution in [0, 0.1) is 26.7 Å². The molecule has 6 rings (SSSR count). The molecule has 0 saturated carbocycles. The monoisotopic (exact) mass is 746 g/mol. The van der Waals surface area contributed by atoms with Crippen LogP contribution in [-0.2, 0) is 6.42 Å². The van der Waals surface area contributed by atoms with Crippen LogP contribution in [0.2, 0.25) is 0 Å². The van der Waals surface area contributed by atoms with Gasteiger partial charge in [0, 0.05) is 0 Å². The average molecular weight is 747 g/mol. The summed E-state index contributed by atoms with van der Waals surface area (Å²) in [4.78, 5) is 3.93. The molecule has 288 valence electrons. The number of hydrogen-bond acceptors (Lipinski definition) is 1. The van der Waals surface area contributed by atoms with Crippen molar-refractivity contribution in [2.75, 3.05) is 5.32 Å². The predicted molar refractivity (Wildman–Crippen MR) is 255 cm³/mol. The summed E-state index contributed by atoms with van der Waals surface area (Å²) in [6.45, 7) is 22.1. The summed E-state index contributed by atoms with van der Waals surface area (Å²) in [6, 6.07) is 23.0. The number of hydrogen-bond donors (Lipinski definition) is 2. The van der Waals surface area contributed by atoms with Crippen molar-refractivity contribution in [1.82, 2.24) is 4.98 Å². The van der Waals surface area contributed by atoms with E-state index in [9.17, 15) is 0 Å². The van der Waals surface area contributed by atoms with Gasteiger partial charge in [0.05, 0.1) is 0 Å². The van der Waals surface area contributed by atoms with Gasteiger partial charge in [0.2, 0.25) is 0 Å². The minimum absolute atomic E-state index is 0.270. The Bertz CT molecular complexity index is 2410. The van der Waals surface area contributed by atoms with E-state index in [2.05, 4.69) is 199 Å². The molecule has 0 spiro atoms. The summed E-state index contributed by atoms with van der Waals surface area (Å²) in [5, 5.41) is 5.10. The molecule has 0 amide bonds. The summed E-state index contributed by atoms with van der Waals surface area (Å²) in [5.41, 5.74) is 19.5. The normalized spacial score (nSPS) is 13.9. The number of benzene rings is 4. The predicted octanol–water partition coefficient (Wildman–Crippen LogP) is 15.5. The van der Waals surface area contributed by atoms with Gasteiger partial charge in [0.15, 0.2) is 0 Å². The molecular formula is C54H59BN2. The van der Waals surface area contributed by atoms with Crippen molar-refractivity contribution in [1.29, 1.82) is 0 Å². The van der Waals surface area contributed by atoms with Crippen LogP contribution in [-0.4, -0.2) is 11.9 Å². The zero-order valence-corrected chi connectivity index (χ0v) is 35.2. The SMILES string of the molecule is C=C(/C=C\C=C/C)C(C)C/C(=C/C=C\C)c1bc2c(-c3cc4c(cc3Nc3ccc(C=C/C=C\CCC)cc3)C=CCC4)cc(-c3c(C)cc(C)cc3C)cc2[nH]1. The van der Waals surface area contributed by atoms with Gasteiger partial charge in [0.25, 0.3) is 0 Å². The first-order valence-corrected chi connectivity index (χ1v) is 20.8. The zero-order chi connectivity index (χ0) is 40.3. The molecule has 2 nitrogen and oxygen atoms in total. The molecule has 1 atom stereocenters. The number of aromatic amines is 1. The van der Waals surface area contributed by atoms with Gasteiger partial charge in [-0.15, -0.1) is 0 Å². The fourth-order valence-electron chi connectivity index (χ4n) is 7.96. The molecule has 3 heteroatoms. The van der Waals surface area contributed by atoms with Crippen molar-refractivity contribution < 1.29 is 0 Å². The van der Waals surface area contributed by atoms with E-state index in [4.69, 9.17) is 0 Å². The van der Waals surface area contributed by atoms with Gasteiger partial charge >= 0.3 is 319 Å². The molecule has 1 aromatic heterocycles. The Labute approximate surface area is 343 Å². The van der Waals surface area contributed by atoms with Gasteiger partial charge in [-0.25, -0.2) is 0 Å². The standard InChI is InChI=1S/C54H59BN2/c1-9-12-15-16-18-22-42-26-28-47(29-27-42)56-50-35-44-25-20-19-24-43(44)33-48(50)49-34-46(52-40(7)30-37(4)31-41(52)8)36-51-53(49)55-54(57-51)45(23-14-11-3)32-39(6)38(5)21-17-13-10-2/h10-11,13-18,20-23,25-31,33-36,39,56-57H,5,9,12,19,24,32H2,1-4,6-8H3/b13-10-,14-11-,16-15-,21-17-,22-18?,45-23-. The summed E-state index contributed by atoms with van der Waals surface area (Å²) >= 11 is 0. The number of fused-ring (bicyclic) bond motifs is 2. The van der Waals surface area contributed by atoms with Crippen LogP contribution in [0.15, 0.2) is 140 Å². The van der Waals surface area contributed by atoms with Gasteiger partial charge in [-0.2, -0.15) is 0 Å². The molecule has 0 bridgehead atoms. The van der Waals surface area contributed by atoms with Gasteiger partial charge in [-0.1, -0.05) is 19.4 Å². The molecule has 0 saturated heterocycles. The average Bonchev–Trinajstić information content (AvgIpc) is 3.63. The van der Waals surface area contributed by atoms with Crippen molar-refractivity contribution in [2.45, 2.75) is 80.6 Å². The van der Waals surface area contributed by atoms with Crippen LogP contribution < -0.4 is 5.32 Å². The third kappa shape index (κ3) is 10.2. The Hall–Kier alpha value is -5.67. The molecule has 0 fully saturated rings. The van der Waals surface area contributed by atoms with E-state index in [0.29, 0.717) is 0 Å². The van der Waals surface area contributed by atoms with Crippen molar-refractivity contribution in [2.24, 2.45) is 5.92 Å². The summed E-state index contributed by atoms with van der Waals surface area (Å²) < 4.78 is 0. The summed E-state index contributed by atoms with van der Waals surface area (Å²) in [5.74, 6) is 0.270. The fraction of sp³-hybridized carbons (Fsp3) is 0.241. The Balaban J connectivity index is 1.51. The van der Waals surface area contributed by atoms with Crippen LogP contribution in [0.3, 0.4) is 0 Å². The van der Waals surface area contributed by atoms with Gasteiger partial charge < -0.3 is 0 Å². The van der Waals surface area contributed by atoms with Crippen LogP contribution in [0.1, 0.15) is 92.3 Å². The molecule has 0 radical (unpaired) electrons. The molecule has 1 unspecified atom stereocenters. The maximum atomic E-state index is 4.43. The molecule has 5 aromatic rings. The molecular weight excluding hydrogens is 687 g/mol. The van der Waals surface area contributed by atoms with E-state index in [1.165, 1.54) is 66.5 Å². The molecule has 1 heterocycles. The van der Waals surface area contributed by atoms with Gasteiger partial charge in [-0.3, -0.25) is 0 Å². The second-order valence-electron chi connectivity index (χ2n) is 15.6. The quantitative estimate of drug-likeness (QED) is 0.103. The Morgan fingerprint density at radius 2 is 1.67 bits per heavy atom. The number of anilines is 2. The van der Waals surface area contributed by atoms with E-state index in [0.717, 1.165) is 60.2 Å². The molecule has 1 aliphatic rings. The van der Waals surface area contributed by atoms with Crippen molar-refractivity contribution in [3.8, 4) is 22.3 Å². The number of H-pyrrole nitrogens is 1. The van der Waals surface area contributed by atoms with Crippen LogP contribution in [0.25, 0.3) is 50.8 Å². The number of allylic oxidation sites excluding steroid dienone is 13. The Morgan fingerprint density at radius 3 is 2.40 bits per heavy atom. The van der Waals surface area contributed by atoms with E-state index in [1.54, 1.807) is 0 Å².